The summed E-state index contributed by atoms with van der Waals surface area (Å²) in [4.78, 5) is 11.7. The maximum Gasteiger partial charge on any atom is 0.303 e. The van der Waals surface area contributed by atoms with E-state index >= 15 is 0 Å². The molecule has 1 aliphatic carbocycles. The van der Waals surface area contributed by atoms with E-state index in [0.717, 1.165) is 31.2 Å². The van der Waals surface area contributed by atoms with E-state index in [4.69, 9.17) is 4.74 Å². The second kappa shape index (κ2) is 5.62. The van der Waals surface area contributed by atoms with Crippen LogP contribution in [0.15, 0.2) is 48.5 Å². The van der Waals surface area contributed by atoms with Crippen molar-refractivity contribution in [1.82, 2.24) is 0 Å². The first-order valence-electron chi connectivity index (χ1n) is 8.71. The molecule has 2 nitrogen and oxygen atoms in total. The molecule has 1 saturated carbocycles. The average molecular weight is 318 g/mol. The Morgan fingerprint density at radius 1 is 0.958 bits per heavy atom. The maximum absolute atomic E-state index is 11.7. The normalized spacial score (nSPS) is 16.6. The molecule has 1 aliphatic rings. The molecule has 1 fully saturated rings. The van der Waals surface area contributed by atoms with Crippen molar-refractivity contribution in [1.29, 1.82) is 0 Å². The molecule has 0 N–H and O–H groups in total. The van der Waals surface area contributed by atoms with Crippen LogP contribution in [0.4, 0.5) is 0 Å². The number of hydrogen-bond acceptors (Lipinski definition) is 2. The van der Waals surface area contributed by atoms with Gasteiger partial charge in [0.05, 0.1) is 0 Å². The lowest BCUT2D eigenvalue weighted by Crippen LogP contribution is -2.28. The van der Waals surface area contributed by atoms with Crippen LogP contribution in [0.5, 0.6) is 0 Å². The third-order valence-electron chi connectivity index (χ3n) is 5.41. The SMILES string of the molecule is CC(=O)OC1(c2ccc3cc4ccccc4c(C)c3c2)CCCC1. The van der Waals surface area contributed by atoms with Gasteiger partial charge in [-0.3, -0.25) is 4.79 Å². The van der Waals surface area contributed by atoms with E-state index < -0.39 is 5.60 Å². The van der Waals surface area contributed by atoms with Gasteiger partial charge in [-0.25, -0.2) is 0 Å². The van der Waals surface area contributed by atoms with E-state index in [9.17, 15) is 4.79 Å². The predicted octanol–water partition coefficient (Wildman–Crippen LogP) is 5.63. The minimum absolute atomic E-state index is 0.188. The molecule has 0 saturated heterocycles. The van der Waals surface area contributed by atoms with E-state index in [1.807, 2.05) is 0 Å². The molecule has 3 aromatic carbocycles. The second-order valence-electron chi connectivity index (χ2n) is 6.95. The Bertz CT molecular complexity index is 933. The fraction of sp³-hybridized carbons (Fsp3) is 0.318. The second-order valence-corrected chi connectivity index (χ2v) is 6.95. The first-order valence-corrected chi connectivity index (χ1v) is 8.71. The number of hydrogen-bond donors (Lipinski definition) is 0. The van der Waals surface area contributed by atoms with Gasteiger partial charge in [-0.05, 0) is 77.4 Å². The van der Waals surface area contributed by atoms with Crippen LogP contribution in [0, 0.1) is 6.92 Å². The van der Waals surface area contributed by atoms with Crippen molar-refractivity contribution in [2.45, 2.75) is 45.1 Å². The summed E-state index contributed by atoms with van der Waals surface area (Å²) in [5.41, 5.74) is 2.00. The Morgan fingerprint density at radius 3 is 2.42 bits per heavy atom. The van der Waals surface area contributed by atoms with Gasteiger partial charge in [0.1, 0.15) is 5.60 Å². The third-order valence-corrected chi connectivity index (χ3v) is 5.41. The lowest BCUT2D eigenvalue weighted by atomic mass is 9.88. The highest BCUT2D eigenvalue weighted by Gasteiger charge is 2.38. The number of carbonyl (C=O) groups is 1. The summed E-state index contributed by atoms with van der Waals surface area (Å²) in [5, 5.41) is 5.05. The Kier molecular flexibility index (Phi) is 3.56. The van der Waals surface area contributed by atoms with Crippen LogP contribution in [0.2, 0.25) is 0 Å². The van der Waals surface area contributed by atoms with Gasteiger partial charge in [0.25, 0.3) is 0 Å². The van der Waals surface area contributed by atoms with Crippen LogP contribution in [0.1, 0.15) is 43.7 Å². The summed E-state index contributed by atoms with van der Waals surface area (Å²) >= 11 is 0. The van der Waals surface area contributed by atoms with E-state index in [0.29, 0.717) is 0 Å². The van der Waals surface area contributed by atoms with Crippen molar-refractivity contribution in [3.63, 3.8) is 0 Å². The van der Waals surface area contributed by atoms with Gasteiger partial charge in [0, 0.05) is 6.92 Å². The summed E-state index contributed by atoms with van der Waals surface area (Å²) in [5.74, 6) is -0.188. The lowest BCUT2D eigenvalue weighted by Gasteiger charge is -2.29. The first-order chi connectivity index (χ1) is 11.6. The molecule has 0 aliphatic heterocycles. The molecule has 24 heavy (non-hydrogen) atoms. The number of esters is 1. The van der Waals surface area contributed by atoms with Crippen LogP contribution >= 0.6 is 0 Å². The summed E-state index contributed by atoms with van der Waals surface area (Å²) in [6, 6.07) is 17.3. The van der Waals surface area contributed by atoms with Gasteiger partial charge in [-0.1, -0.05) is 36.4 Å². The monoisotopic (exact) mass is 318 g/mol. The first kappa shape index (κ1) is 15.2. The van der Waals surface area contributed by atoms with Crippen LogP contribution in [0.3, 0.4) is 0 Å². The van der Waals surface area contributed by atoms with Crippen molar-refractivity contribution < 1.29 is 9.53 Å². The highest BCUT2D eigenvalue weighted by atomic mass is 16.6. The number of rotatable bonds is 2. The topological polar surface area (TPSA) is 26.3 Å². The number of carbonyl (C=O) groups excluding carboxylic acids is 1. The smallest absolute Gasteiger partial charge is 0.303 e. The molecule has 122 valence electrons. The average Bonchev–Trinajstić information content (AvgIpc) is 3.04. The molecule has 0 spiro atoms. The summed E-state index contributed by atoms with van der Waals surface area (Å²) in [6.45, 7) is 3.70. The molecule has 4 rings (SSSR count). The highest BCUT2D eigenvalue weighted by molar-refractivity contribution is 6.02. The summed E-state index contributed by atoms with van der Waals surface area (Å²) < 4.78 is 5.82. The van der Waals surface area contributed by atoms with Crippen molar-refractivity contribution in [3.05, 3.63) is 59.7 Å². The van der Waals surface area contributed by atoms with Crippen LogP contribution in [-0.2, 0) is 15.1 Å². The van der Waals surface area contributed by atoms with Crippen molar-refractivity contribution in [2.24, 2.45) is 0 Å². The standard InChI is InChI=1S/C22H22O2/c1-15-20-8-4-3-7-17(20)13-18-9-10-19(14-21(15)18)22(24-16(2)23)11-5-6-12-22/h3-4,7-10,13-14H,5-6,11-12H2,1-2H3. The quantitative estimate of drug-likeness (QED) is 0.452. The molecule has 2 heteroatoms. The predicted molar refractivity (Wildman–Crippen MR) is 98.1 cm³/mol. The van der Waals surface area contributed by atoms with Gasteiger partial charge in [0.2, 0.25) is 0 Å². The molecular formula is C22H22O2. The molecule has 0 radical (unpaired) electrons. The van der Waals surface area contributed by atoms with Crippen LogP contribution in [0.25, 0.3) is 21.5 Å². The summed E-state index contributed by atoms with van der Waals surface area (Å²) in [7, 11) is 0. The number of ether oxygens (including phenoxy) is 1. The fourth-order valence-electron chi connectivity index (χ4n) is 4.24. The van der Waals surface area contributed by atoms with Crippen LogP contribution in [-0.4, -0.2) is 5.97 Å². The Hall–Kier alpha value is -2.35. The van der Waals surface area contributed by atoms with Crippen molar-refractivity contribution in [3.8, 4) is 0 Å². The van der Waals surface area contributed by atoms with E-state index in [1.54, 1.807) is 0 Å². The highest BCUT2D eigenvalue weighted by Crippen LogP contribution is 2.43. The zero-order valence-corrected chi connectivity index (χ0v) is 14.3. The van der Waals surface area contributed by atoms with E-state index in [2.05, 4.69) is 55.5 Å². The fourth-order valence-corrected chi connectivity index (χ4v) is 4.24. The zero-order valence-electron chi connectivity index (χ0n) is 14.3. The maximum atomic E-state index is 11.7. The molecular weight excluding hydrogens is 296 g/mol. The largest absolute Gasteiger partial charge is 0.454 e. The third kappa shape index (κ3) is 2.37. The van der Waals surface area contributed by atoms with Crippen molar-refractivity contribution >= 4 is 27.5 Å². The minimum atomic E-state index is -0.432. The number of benzene rings is 3. The van der Waals surface area contributed by atoms with Gasteiger partial charge in [-0.15, -0.1) is 0 Å². The molecule has 0 atom stereocenters. The summed E-state index contributed by atoms with van der Waals surface area (Å²) in [6.07, 6.45) is 4.07. The molecule has 0 amide bonds. The Morgan fingerprint density at radius 2 is 1.67 bits per heavy atom. The zero-order chi connectivity index (χ0) is 16.7. The van der Waals surface area contributed by atoms with E-state index in [-0.39, 0.29) is 5.97 Å². The van der Waals surface area contributed by atoms with E-state index in [1.165, 1.54) is 34.0 Å². The van der Waals surface area contributed by atoms with Crippen molar-refractivity contribution in [2.75, 3.05) is 0 Å². The van der Waals surface area contributed by atoms with Gasteiger partial charge >= 0.3 is 5.97 Å². The van der Waals surface area contributed by atoms with Gasteiger partial charge < -0.3 is 4.74 Å². The molecule has 0 bridgehead atoms. The van der Waals surface area contributed by atoms with Gasteiger partial charge in [0.15, 0.2) is 0 Å². The number of fused-ring (bicyclic) bond motifs is 2. The molecule has 0 unspecified atom stereocenters. The Labute approximate surface area is 142 Å². The number of aryl methyl sites for hydroxylation is 1. The Balaban J connectivity index is 1.92. The molecule has 0 heterocycles. The van der Waals surface area contributed by atoms with Crippen LogP contribution < -0.4 is 0 Å². The lowest BCUT2D eigenvalue weighted by molar-refractivity contribution is -0.157. The molecule has 3 aromatic rings. The molecule has 0 aromatic heterocycles. The minimum Gasteiger partial charge on any atom is -0.454 e. The van der Waals surface area contributed by atoms with Gasteiger partial charge in [-0.2, -0.15) is 0 Å².